The van der Waals surface area contributed by atoms with Gasteiger partial charge < -0.3 is 10.1 Å². The van der Waals surface area contributed by atoms with Crippen molar-refractivity contribution in [2.24, 2.45) is 0 Å². The SMILES string of the molecule is COCc1ccccc1NC(=O)c1ccc(C)c(Br)c1. The van der Waals surface area contributed by atoms with Crippen molar-refractivity contribution >= 4 is 27.5 Å². The first-order chi connectivity index (χ1) is 9.61. The van der Waals surface area contributed by atoms with Gasteiger partial charge in [-0.15, -0.1) is 0 Å². The zero-order chi connectivity index (χ0) is 14.5. The number of amides is 1. The lowest BCUT2D eigenvalue weighted by atomic mass is 10.1. The van der Waals surface area contributed by atoms with Gasteiger partial charge in [-0.1, -0.05) is 40.2 Å². The molecule has 1 N–H and O–H groups in total. The molecule has 0 saturated heterocycles. The molecule has 3 nitrogen and oxygen atoms in total. The molecular formula is C16H16BrNO2. The van der Waals surface area contributed by atoms with Crippen LogP contribution in [0.1, 0.15) is 21.5 Å². The Morgan fingerprint density at radius 1 is 1.25 bits per heavy atom. The van der Waals surface area contributed by atoms with E-state index in [-0.39, 0.29) is 5.91 Å². The number of methoxy groups -OCH3 is 1. The monoisotopic (exact) mass is 333 g/mol. The Bertz CT molecular complexity index is 626. The van der Waals surface area contributed by atoms with E-state index in [0.29, 0.717) is 12.2 Å². The van der Waals surface area contributed by atoms with E-state index in [1.807, 2.05) is 49.4 Å². The lowest BCUT2D eigenvalue weighted by Crippen LogP contribution is -2.13. The van der Waals surface area contributed by atoms with Gasteiger partial charge in [0, 0.05) is 28.4 Å². The molecule has 0 unspecified atom stereocenters. The minimum absolute atomic E-state index is 0.130. The summed E-state index contributed by atoms with van der Waals surface area (Å²) in [6, 6.07) is 13.2. The van der Waals surface area contributed by atoms with E-state index in [2.05, 4.69) is 21.2 Å². The molecule has 0 fully saturated rings. The summed E-state index contributed by atoms with van der Waals surface area (Å²) < 4.78 is 6.06. The van der Waals surface area contributed by atoms with Crippen molar-refractivity contribution in [3.05, 3.63) is 63.6 Å². The highest BCUT2D eigenvalue weighted by Gasteiger charge is 2.09. The molecule has 0 aliphatic heterocycles. The third kappa shape index (κ3) is 3.46. The van der Waals surface area contributed by atoms with E-state index in [9.17, 15) is 4.79 Å². The number of hydrogen-bond donors (Lipinski definition) is 1. The normalized spacial score (nSPS) is 10.3. The van der Waals surface area contributed by atoms with E-state index in [1.165, 1.54) is 0 Å². The molecule has 0 aromatic heterocycles. The molecule has 2 rings (SSSR count). The quantitative estimate of drug-likeness (QED) is 0.912. The zero-order valence-electron chi connectivity index (χ0n) is 11.4. The summed E-state index contributed by atoms with van der Waals surface area (Å²) in [7, 11) is 1.63. The summed E-state index contributed by atoms with van der Waals surface area (Å²) in [6.45, 7) is 2.45. The average molecular weight is 334 g/mol. The maximum atomic E-state index is 12.3. The van der Waals surface area contributed by atoms with Crippen LogP contribution < -0.4 is 5.32 Å². The summed E-state index contributed by atoms with van der Waals surface area (Å²) in [6.07, 6.45) is 0. The second kappa shape index (κ2) is 6.68. The van der Waals surface area contributed by atoms with Crippen molar-refractivity contribution < 1.29 is 9.53 Å². The number of benzene rings is 2. The number of para-hydroxylation sites is 1. The van der Waals surface area contributed by atoms with Gasteiger partial charge in [0.15, 0.2) is 0 Å². The van der Waals surface area contributed by atoms with Crippen LogP contribution in [0, 0.1) is 6.92 Å². The Kier molecular flexibility index (Phi) is 4.93. The number of hydrogen-bond acceptors (Lipinski definition) is 2. The van der Waals surface area contributed by atoms with Gasteiger partial charge in [0.25, 0.3) is 5.91 Å². The molecule has 0 aliphatic carbocycles. The van der Waals surface area contributed by atoms with Crippen molar-refractivity contribution in [3.8, 4) is 0 Å². The second-order valence-electron chi connectivity index (χ2n) is 4.51. The van der Waals surface area contributed by atoms with Gasteiger partial charge in [-0.2, -0.15) is 0 Å². The van der Waals surface area contributed by atoms with Crippen molar-refractivity contribution in [1.82, 2.24) is 0 Å². The number of carbonyl (C=O) groups excluding carboxylic acids is 1. The largest absolute Gasteiger partial charge is 0.380 e. The second-order valence-corrected chi connectivity index (χ2v) is 5.36. The first-order valence-electron chi connectivity index (χ1n) is 6.26. The molecule has 0 heterocycles. The van der Waals surface area contributed by atoms with Gasteiger partial charge in [0.05, 0.1) is 6.61 Å². The van der Waals surface area contributed by atoms with Crippen LogP contribution in [0.4, 0.5) is 5.69 Å². The fourth-order valence-electron chi connectivity index (χ4n) is 1.85. The predicted octanol–water partition coefficient (Wildman–Crippen LogP) is 4.16. The minimum atomic E-state index is -0.130. The fraction of sp³-hybridized carbons (Fsp3) is 0.188. The molecule has 1 amide bonds. The third-order valence-corrected chi connectivity index (χ3v) is 3.85. The molecule has 104 valence electrons. The van der Waals surface area contributed by atoms with Crippen LogP contribution in [-0.4, -0.2) is 13.0 Å². The average Bonchev–Trinajstić information content (AvgIpc) is 2.44. The molecule has 2 aromatic carbocycles. The number of rotatable bonds is 4. The molecule has 0 saturated carbocycles. The first-order valence-corrected chi connectivity index (χ1v) is 7.05. The van der Waals surface area contributed by atoms with E-state index in [0.717, 1.165) is 21.3 Å². The highest BCUT2D eigenvalue weighted by Crippen LogP contribution is 2.20. The summed E-state index contributed by atoms with van der Waals surface area (Å²) in [5.41, 5.74) is 3.45. The topological polar surface area (TPSA) is 38.3 Å². The van der Waals surface area contributed by atoms with Crippen LogP contribution in [-0.2, 0) is 11.3 Å². The lowest BCUT2D eigenvalue weighted by molar-refractivity contribution is 0.102. The molecule has 2 aromatic rings. The Hall–Kier alpha value is -1.65. The molecule has 20 heavy (non-hydrogen) atoms. The number of ether oxygens (including phenoxy) is 1. The van der Waals surface area contributed by atoms with Crippen molar-refractivity contribution in [2.45, 2.75) is 13.5 Å². The molecule has 0 bridgehead atoms. The highest BCUT2D eigenvalue weighted by molar-refractivity contribution is 9.10. The standard InChI is InChI=1S/C16H16BrNO2/c1-11-7-8-12(9-14(11)17)16(19)18-15-6-4-3-5-13(15)10-20-2/h3-9H,10H2,1-2H3,(H,18,19). The molecule has 4 heteroatoms. The predicted molar refractivity (Wildman–Crippen MR) is 84.0 cm³/mol. The highest BCUT2D eigenvalue weighted by atomic mass is 79.9. The van der Waals surface area contributed by atoms with Gasteiger partial charge in [-0.25, -0.2) is 0 Å². The Labute approximate surface area is 127 Å². The van der Waals surface area contributed by atoms with Crippen LogP contribution in [0.5, 0.6) is 0 Å². The number of anilines is 1. The van der Waals surface area contributed by atoms with E-state index in [1.54, 1.807) is 7.11 Å². The number of carbonyl (C=O) groups is 1. The minimum Gasteiger partial charge on any atom is -0.380 e. The summed E-state index contributed by atoms with van der Waals surface area (Å²) in [5, 5.41) is 2.92. The van der Waals surface area contributed by atoms with Gasteiger partial charge >= 0.3 is 0 Å². The summed E-state index contributed by atoms with van der Waals surface area (Å²) >= 11 is 3.44. The number of aryl methyl sites for hydroxylation is 1. The first kappa shape index (κ1) is 14.8. The number of halogens is 1. The molecule has 0 radical (unpaired) electrons. The molecule has 0 atom stereocenters. The molecule has 0 aliphatic rings. The molecule has 0 spiro atoms. The Morgan fingerprint density at radius 2 is 2.00 bits per heavy atom. The maximum absolute atomic E-state index is 12.3. The van der Waals surface area contributed by atoms with Crippen LogP contribution in [0.3, 0.4) is 0 Å². The van der Waals surface area contributed by atoms with Crippen molar-refractivity contribution in [1.29, 1.82) is 0 Å². The van der Waals surface area contributed by atoms with Gasteiger partial charge in [-0.05, 0) is 30.7 Å². The van der Waals surface area contributed by atoms with Gasteiger partial charge in [-0.3, -0.25) is 4.79 Å². The summed E-state index contributed by atoms with van der Waals surface area (Å²) in [5.74, 6) is -0.130. The van der Waals surface area contributed by atoms with Crippen LogP contribution in [0.2, 0.25) is 0 Å². The van der Waals surface area contributed by atoms with Gasteiger partial charge in [0.1, 0.15) is 0 Å². The van der Waals surface area contributed by atoms with E-state index in [4.69, 9.17) is 4.74 Å². The Balaban J connectivity index is 2.21. The van der Waals surface area contributed by atoms with Crippen LogP contribution in [0.25, 0.3) is 0 Å². The van der Waals surface area contributed by atoms with Crippen molar-refractivity contribution in [3.63, 3.8) is 0 Å². The van der Waals surface area contributed by atoms with Gasteiger partial charge in [0.2, 0.25) is 0 Å². The van der Waals surface area contributed by atoms with Crippen molar-refractivity contribution in [2.75, 3.05) is 12.4 Å². The van der Waals surface area contributed by atoms with E-state index >= 15 is 0 Å². The van der Waals surface area contributed by atoms with Crippen LogP contribution in [0.15, 0.2) is 46.9 Å². The smallest absolute Gasteiger partial charge is 0.255 e. The lowest BCUT2D eigenvalue weighted by Gasteiger charge is -2.11. The van der Waals surface area contributed by atoms with Crippen LogP contribution >= 0.6 is 15.9 Å². The maximum Gasteiger partial charge on any atom is 0.255 e. The van der Waals surface area contributed by atoms with E-state index < -0.39 is 0 Å². The number of nitrogens with one attached hydrogen (secondary N) is 1. The fourth-order valence-corrected chi connectivity index (χ4v) is 2.23. The third-order valence-electron chi connectivity index (χ3n) is 3.00. The zero-order valence-corrected chi connectivity index (χ0v) is 13.0. The summed E-state index contributed by atoms with van der Waals surface area (Å²) in [4.78, 5) is 12.3. The Morgan fingerprint density at radius 3 is 2.70 bits per heavy atom. The molecular weight excluding hydrogens is 318 g/mol.